The number of anilines is 1. The molecule has 0 aliphatic heterocycles. The van der Waals surface area contributed by atoms with Crippen molar-refractivity contribution in [1.82, 2.24) is 25.2 Å². The molecule has 21 heavy (non-hydrogen) atoms. The van der Waals surface area contributed by atoms with E-state index in [9.17, 15) is 4.79 Å². The highest BCUT2D eigenvalue weighted by Gasteiger charge is 2.19. The summed E-state index contributed by atoms with van der Waals surface area (Å²) in [6.07, 6.45) is 0. The van der Waals surface area contributed by atoms with E-state index in [1.54, 1.807) is 7.05 Å². The van der Waals surface area contributed by atoms with Crippen LogP contribution in [0.3, 0.4) is 0 Å². The lowest BCUT2D eigenvalue weighted by Gasteiger charge is -2.08. The lowest BCUT2D eigenvalue weighted by atomic mass is 10.3. The van der Waals surface area contributed by atoms with E-state index in [0.717, 1.165) is 10.2 Å². The molecule has 0 aliphatic rings. The molecule has 2 heterocycles. The number of para-hydroxylation sites is 1. The fourth-order valence-electron chi connectivity index (χ4n) is 1.67. The second kappa shape index (κ2) is 5.78. The summed E-state index contributed by atoms with van der Waals surface area (Å²) in [4.78, 5) is 16.6. The van der Waals surface area contributed by atoms with Gasteiger partial charge in [-0.25, -0.2) is 9.67 Å². The average Bonchev–Trinajstić information content (AvgIpc) is 3.04. The quantitative estimate of drug-likeness (QED) is 0.739. The monoisotopic (exact) mass is 320 g/mol. The van der Waals surface area contributed by atoms with E-state index in [4.69, 9.17) is 0 Å². The van der Waals surface area contributed by atoms with Gasteiger partial charge in [0.25, 0.3) is 0 Å². The van der Waals surface area contributed by atoms with Gasteiger partial charge in [-0.1, -0.05) is 35.2 Å². The molecule has 1 amide bonds. The summed E-state index contributed by atoms with van der Waals surface area (Å²) >= 11 is 2.76. The number of hydrogen-bond acceptors (Lipinski definition) is 7. The van der Waals surface area contributed by atoms with Gasteiger partial charge in [-0.3, -0.25) is 4.79 Å². The van der Waals surface area contributed by atoms with Gasteiger partial charge in [0.05, 0.1) is 15.5 Å². The number of amides is 1. The Balaban J connectivity index is 1.69. The third-order valence-corrected chi connectivity index (χ3v) is 4.83. The summed E-state index contributed by atoms with van der Waals surface area (Å²) in [7, 11) is 1.74. The Kier molecular flexibility index (Phi) is 3.84. The van der Waals surface area contributed by atoms with Crippen LogP contribution in [-0.4, -0.2) is 36.3 Å². The van der Waals surface area contributed by atoms with Crippen molar-refractivity contribution in [2.24, 2.45) is 7.05 Å². The Bertz CT molecular complexity index is 750. The highest BCUT2D eigenvalue weighted by atomic mass is 32.2. The number of nitrogens with zero attached hydrogens (tertiary/aromatic N) is 5. The van der Waals surface area contributed by atoms with Gasteiger partial charge < -0.3 is 5.32 Å². The Morgan fingerprint density at radius 1 is 1.43 bits per heavy atom. The van der Waals surface area contributed by atoms with Crippen LogP contribution >= 0.6 is 23.1 Å². The fraction of sp³-hybridized carbons (Fsp3) is 0.250. The predicted octanol–water partition coefficient (Wildman–Crippen LogP) is 1.94. The number of aryl methyl sites for hydroxylation is 1. The first-order chi connectivity index (χ1) is 10.1. The molecule has 0 spiro atoms. The zero-order valence-corrected chi connectivity index (χ0v) is 13.0. The highest BCUT2D eigenvalue weighted by Crippen LogP contribution is 2.27. The molecule has 0 bridgehead atoms. The Morgan fingerprint density at radius 2 is 2.24 bits per heavy atom. The van der Waals surface area contributed by atoms with E-state index in [1.165, 1.54) is 27.8 Å². The highest BCUT2D eigenvalue weighted by molar-refractivity contribution is 8.00. The molecular formula is C12H12N6OS2. The zero-order chi connectivity index (χ0) is 14.8. The average molecular weight is 320 g/mol. The van der Waals surface area contributed by atoms with Crippen LogP contribution in [0.4, 0.5) is 5.13 Å². The van der Waals surface area contributed by atoms with E-state index in [1.807, 2.05) is 31.2 Å². The third kappa shape index (κ3) is 3.03. The maximum atomic E-state index is 12.2. The lowest BCUT2D eigenvalue weighted by molar-refractivity contribution is -0.115. The van der Waals surface area contributed by atoms with Crippen molar-refractivity contribution in [1.29, 1.82) is 0 Å². The molecule has 9 heteroatoms. The van der Waals surface area contributed by atoms with E-state index in [2.05, 4.69) is 25.8 Å². The van der Waals surface area contributed by atoms with Crippen molar-refractivity contribution in [3.05, 3.63) is 24.3 Å². The normalized spacial score (nSPS) is 12.5. The number of thioether (sulfide) groups is 1. The van der Waals surface area contributed by atoms with Gasteiger partial charge in [-0.15, -0.1) is 5.10 Å². The maximum Gasteiger partial charge on any atom is 0.239 e. The third-order valence-electron chi connectivity index (χ3n) is 2.76. The maximum absolute atomic E-state index is 12.2. The molecule has 1 N–H and O–H groups in total. The van der Waals surface area contributed by atoms with E-state index in [-0.39, 0.29) is 11.2 Å². The van der Waals surface area contributed by atoms with Crippen LogP contribution in [0.1, 0.15) is 6.92 Å². The summed E-state index contributed by atoms with van der Waals surface area (Å²) in [5.74, 6) is -0.123. The van der Waals surface area contributed by atoms with Crippen LogP contribution in [0.15, 0.2) is 29.4 Å². The Hall–Kier alpha value is -2.00. The van der Waals surface area contributed by atoms with Crippen LogP contribution in [0.25, 0.3) is 10.2 Å². The molecule has 1 atom stereocenters. The minimum atomic E-state index is -0.318. The number of hydrogen-bond donors (Lipinski definition) is 1. The van der Waals surface area contributed by atoms with E-state index >= 15 is 0 Å². The first kappa shape index (κ1) is 14.0. The van der Waals surface area contributed by atoms with Crippen LogP contribution in [-0.2, 0) is 11.8 Å². The van der Waals surface area contributed by atoms with Gasteiger partial charge in [0, 0.05) is 7.05 Å². The molecule has 108 valence electrons. The topological polar surface area (TPSA) is 85.6 Å². The summed E-state index contributed by atoms with van der Waals surface area (Å²) < 4.78 is 2.58. The minimum absolute atomic E-state index is 0.123. The van der Waals surface area contributed by atoms with Crippen LogP contribution in [0.5, 0.6) is 0 Å². The van der Waals surface area contributed by atoms with Crippen molar-refractivity contribution < 1.29 is 4.79 Å². The predicted molar refractivity (Wildman–Crippen MR) is 82.4 cm³/mol. The number of rotatable bonds is 4. The smallest absolute Gasteiger partial charge is 0.239 e. The Labute approximate surface area is 128 Å². The van der Waals surface area contributed by atoms with Gasteiger partial charge in [-0.05, 0) is 29.5 Å². The van der Waals surface area contributed by atoms with E-state index < -0.39 is 0 Å². The van der Waals surface area contributed by atoms with Crippen molar-refractivity contribution in [2.75, 3.05) is 5.32 Å². The standard InChI is InChI=1S/C12H12N6OS2/c1-7(20-12-15-16-17-18(12)2)10(19)14-11-13-8-5-3-4-6-9(8)21-11/h3-7H,1-2H3,(H,13,14,19). The minimum Gasteiger partial charge on any atom is -0.301 e. The van der Waals surface area contributed by atoms with Crippen LogP contribution in [0.2, 0.25) is 0 Å². The number of benzene rings is 1. The molecule has 1 unspecified atom stereocenters. The summed E-state index contributed by atoms with van der Waals surface area (Å²) in [6.45, 7) is 1.81. The van der Waals surface area contributed by atoms with Crippen molar-refractivity contribution in [2.45, 2.75) is 17.3 Å². The number of fused-ring (bicyclic) bond motifs is 1. The number of carbonyl (C=O) groups is 1. The molecule has 0 aliphatic carbocycles. The molecule has 3 rings (SSSR count). The molecule has 0 saturated heterocycles. The first-order valence-electron chi connectivity index (χ1n) is 6.19. The molecule has 0 fully saturated rings. The molecule has 7 nitrogen and oxygen atoms in total. The second-order valence-electron chi connectivity index (χ2n) is 4.32. The summed E-state index contributed by atoms with van der Waals surface area (Å²) in [5, 5.41) is 14.8. The van der Waals surface area contributed by atoms with Crippen LogP contribution < -0.4 is 5.32 Å². The van der Waals surface area contributed by atoms with Crippen molar-refractivity contribution in [3.8, 4) is 0 Å². The second-order valence-corrected chi connectivity index (χ2v) is 6.66. The fourth-order valence-corrected chi connectivity index (χ4v) is 3.29. The molecule has 2 aromatic heterocycles. The number of carbonyl (C=O) groups excluding carboxylic acids is 1. The molecule has 0 saturated carbocycles. The van der Waals surface area contributed by atoms with Gasteiger partial charge >= 0.3 is 0 Å². The van der Waals surface area contributed by atoms with E-state index in [0.29, 0.717) is 10.3 Å². The van der Waals surface area contributed by atoms with Gasteiger partial charge in [0.15, 0.2) is 5.13 Å². The van der Waals surface area contributed by atoms with Crippen LogP contribution in [0, 0.1) is 0 Å². The summed E-state index contributed by atoms with van der Waals surface area (Å²) in [6, 6.07) is 7.77. The molecule has 1 aromatic carbocycles. The number of thiazole rings is 1. The van der Waals surface area contributed by atoms with Gasteiger partial charge in [-0.2, -0.15) is 0 Å². The van der Waals surface area contributed by atoms with Crippen molar-refractivity contribution >= 4 is 44.4 Å². The Morgan fingerprint density at radius 3 is 2.95 bits per heavy atom. The lowest BCUT2D eigenvalue weighted by Crippen LogP contribution is -2.22. The molecular weight excluding hydrogens is 308 g/mol. The van der Waals surface area contributed by atoms with Gasteiger partial charge in [0.1, 0.15) is 0 Å². The van der Waals surface area contributed by atoms with Crippen molar-refractivity contribution in [3.63, 3.8) is 0 Å². The first-order valence-corrected chi connectivity index (χ1v) is 7.88. The molecule has 0 radical (unpaired) electrons. The molecule has 3 aromatic rings. The van der Waals surface area contributed by atoms with Gasteiger partial charge in [0.2, 0.25) is 11.1 Å². The number of tetrazole rings is 1. The summed E-state index contributed by atoms with van der Waals surface area (Å²) in [5.41, 5.74) is 0.885. The SMILES string of the molecule is CC(Sc1nnnn1C)C(=O)Nc1nc2ccccc2s1. The zero-order valence-electron chi connectivity index (χ0n) is 11.3. The number of nitrogens with one attached hydrogen (secondary N) is 1. The largest absolute Gasteiger partial charge is 0.301 e. The number of aromatic nitrogens is 5.